The van der Waals surface area contributed by atoms with Crippen molar-refractivity contribution in [3.05, 3.63) is 17.9 Å². The number of piperidine rings is 1. The van der Waals surface area contributed by atoms with E-state index in [4.69, 9.17) is 9.52 Å². The SMILES string of the molecule is CCC1CCN(C(=O)C2CCN(S(=O)(=O)c3ccc(C(=O)O)o3)CC2)C1. The van der Waals surface area contributed by atoms with Crippen molar-refractivity contribution >= 4 is 21.9 Å². The van der Waals surface area contributed by atoms with Crippen molar-refractivity contribution in [2.24, 2.45) is 11.8 Å². The van der Waals surface area contributed by atoms with E-state index in [-0.39, 0.29) is 30.0 Å². The molecule has 9 heteroatoms. The maximum absolute atomic E-state index is 12.6. The van der Waals surface area contributed by atoms with Crippen LogP contribution >= 0.6 is 0 Å². The first-order valence-electron chi connectivity index (χ1n) is 8.95. The van der Waals surface area contributed by atoms with E-state index in [0.29, 0.717) is 18.8 Å². The lowest BCUT2D eigenvalue weighted by atomic mass is 9.96. The van der Waals surface area contributed by atoms with Crippen LogP contribution in [0.4, 0.5) is 0 Å². The molecular formula is C17H24N2O6S. The highest BCUT2D eigenvalue weighted by Gasteiger charge is 2.36. The lowest BCUT2D eigenvalue weighted by Crippen LogP contribution is -2.43. The van der Waals surface area contributed by atoms with E-state index < -0.39 is 21.8 Å². The number of furan rings is 1. The van der Waals surface area contributed by atoms with Crippen LogP contribution in [-0.4, -0.2) is 60.8 Å². The van der Waals surface area contributed by atoms with Crippen LogP contribution in [0.3, 0.4) is 0 Å². The van der Waals surface area contributed by atoms with Gasteiger partial charge >= 0.3 is 5.97 Å². The van der Waals surface area contributed by atoms with E-state index in [1.54, 1.807) is 0 Å². The second-order valence-electron chi connectivity index (χ2n) is 6.95. The number of aromatic carboxylic acids is 1. The van der Waals surface area contributed by atoms with E-state index in [0.717, 1.165) is 38.1 Å². The molecule has 1 atom stereocenters. The molecule has 3 heterocycles. The minimum atomic E-state index is -3.88. The number of carboxylic acids is 1. The molecule has 0 radical (unpaired) electrons. The zero-order valence-electron chi connectivity index (χ0n) is 14.8. The molecule has 2 aliphatic rings. The summed E-state index contributed by atoms with van der Waals surface area (Å²) < 4.78 is 31.4. The fourth-order valence-electron chi connectivity index (χ4n) is 3.67. The van der Waals surface area contributed by atoms with Crippen molar-refractivity contribution in [2.45, 2.75) is 37.7 Å². The van der Waals surface area contributed by atoms with Gasteiger partial charge in [-0.15, -0.1) is 0 Å². The summed E-state index contributed by atoms with van der Waals surface area (Å²) in [6.07, 6.45) is 3.05. The molecule has 8 nitrogen and oxygen atoms in total. The van der Waals surface area contributed by atoms with E-state index in [1.165, 1.54) is 4.31 Å². The maximum atomic E-state index is 12.6. The van der Waals surface area contributed by atoms with Gasteiger partial charge in [0.1, 0.15) is 0 Å². The lowest BCUT2D eigenvalue weighted by Gasteiger charge is -2.32. The van der Waals surface area contributed by atoms with Gasteiger partial charge in [-0.1, -0.05) is 13.3 Å². The first-order valence-corrected chi connectivity index (χ1v) is 10.4. The molecule has 2 aliphatic heterocycles. The first kappa shape index (κ1) is 18.9. The van der Waals surface area contributed by atoms with Gasteiger partial charge in [0.2, 0.25) is 16.8 Å². The molecule has 0 saturated carbocycles. The van der Waals surface area contributed by atoms with Crippen LogP contribution in [0.15, 0.2) is 21.6 Å². The molecule has 1 aromatic rings. The molecule has 1 unspecified atom stereocenters. The molecule has 144 valence electrons. The van der Waals surface area contributed by atoms with Crippen molar-refractivity contribution in [3.8, 4) is 0 Å². The summed E-state index contributed by atoms with van der Waals surface area (Å²) in [5, 5.41) is 8.50. The van der Waals surface area contributed by atoms with Crippen molar-refractivity contribution in [1.29, 1.82) is 0 Å². The molecule has 1 N–H and O–H groups in total. The van der Waals surface area contributed by atoms with E-state index >= 15 is 0 Å². The Morgan fingerprint density at radius 3 is 2.42 bits per heavy atom. The quantitative estimate of drug-likeness (QED) is 0.827. The number of amides is 1. The number of carbonyl (C=O) groups is 2. The van der Waals surface area contributed by atoms with Crippen LogP contribution < -0.4 is 0 Å². The van der Waals surface area contributed by atoms with Gasteiger partial charge in [-0.2, -0.15) is 4.31 Å². The number of likely N-dealkylation sites (tertiary alicyclic amines) is 1. The molecule has 0 spiro atoms. The number of sulfonamides is 1. The minimum absolute atomic E-state index is 0.129. The summed E-state index contributed by atoms with van der Waals surface area (Å²) in [6, 6.07) is 2.29. The monoisotopic (exact) mass is 384 g/mol. The molecule has 1 amide bonds. The molecule has 2 saturated heterocycles. The summed E-state index contributed by atoms with van der Waals surface area (Å²) in [5.74, 6) is -1.17. The van der Waals surface area contributed by atoms with Gasteiger partial charge in [0.25, 0.3) is 10.0 Å². The Morgan fingerprint density at radius 2 is 1.88 bits per heavy atom. The Balaban J connectivity index is 1.60. The molecule has 2 fully saturated rings. The van der Waals surface area contributed by atoms with E-state index in [2.05, 4.69) is 6.92 Å². The van der Waals surface area contributed by atoms with E-state index in [1.807, 2.05) is 4.90 Å². The van der Waals surface area contributed by atoms with Crippen molar-refractivity contribution < 1.29 is 27.5 Å². The van der Waals surface area contributed by atoms with Crippen LogP contribution in [-0.2, 0) is 14.8 Å². The highest BCUT2D eigenvalue weighted by molar-refractivity contribution is 7.89. The van der Waals surface area contributed by atoms with Crippen LogP contribution in [0.5, 0.6) is 0 Å². The maximum Gasteiger partial charge on any atom is 0.371 e. The average molecular weight is 384 g/mol. The van der Waals surface area contributed by atoms with Crippen molar-refractivity contribution in [2.75, 3.05) is 26.2 Å². The zero-order valence-corrected chi connectivity index (χ0v) is 15.6. The molecule has 3 rings (SSSR count). The molecular weight excluding hydrogens is 360 g/mol. The molecule has 26 heavy (non-hydrogen) atoms. The summed E-state index contributed by atoms with van der Waals surface area (Å²) in [7, 11) is -3.88. The molecule has 0 bridgehead atoms. The fourth-order valence-corrected chi connectivity index (χ4v) is 5.05. The highest BCUT2D eigenvalue weighted by atomic mass is 32.2. The normalized spacial score (nSPS) is 22.7. The number of hydrogen-bond acceptors (Lipinski definition) is 5. The third kappa shape index (κ3) is 3.64. The molecule has 0 aromatic carbocycles. The largest absolute Gasteiger partial charge is 0.475 e. The van der Waals surface area contributed by atoms with Crippen LogP contribution in [0.25, 0.3) is 0 Å². The van der Waals surface area contributed by atoms with Crippen molar-refractivity contribution in [1.82, 2.24) is 9.21 Å². The summed E-state index contributed by atoms with van der Waals surface area (Å²) in [5.41, 5.74) is 0. The van der Waals surface area contributed by atoms with Crippen LogP contribution in [0, 0.1) is 11.8 Å². The highest BCUT2D eigenvalue weighted by Crippen LogP contribution is 2.28. The number of carbonyl (C=O) groups excluding carboxylic acids is 1. The fraction of sp³-hybridized carbons (Fsp3) is 0.647. The second-order valence-corrected chi connectivity index (χ2v) is 8.82. The third-order valence-electron chi connectivity index (χ3n) is 5.36. The van der Waals surface area contributed by atoms with Gasteiger partial charge in [0, 0.05) is 32.1 Å². The Bertz CT molecular complexity index is 779. The average Bonchev–Trinajstić information content (AvgIpc) is 3.31. The summed E-state index contributed by atoms with van der Waals surface area (Å²) >= 11 is 0. The minimum Gasteiger partial charge on any atom is -0.475 e. The Labute approximate surface area is 152 Å². The first-order chi connectivity index (χ1) is 12.3. The van der Waals surface area contributed by atoms with Gasteiger partial charge < -0.3 is 14.4 Å². The molecule has 0 aliphatic carbocycles. The second kappa shape index (κ2) is 7.40. The number of carboxylic acid groups (broad SMARTS) is 1. The number of hydrogen-bond donors (Lipinski definition) is 1. The zero-order chi connectivity index (χ0) is 18.9. The Kier molecular flexibility index (Phi) is 5.38. The van der Waals surface area contributed by atoms with Gasteiger partial charge in [-0.25, -0.2) is 13.2 Å². The van der Waals surface area contributed by atoms with Crippen LogP contribution in [0.1, 0.15) is 43.2 Å². The molecule has 1 aromatic heterocycles. The summed E-state index contributed by atoms with van der Waals surface area (Å²) in [4.78, 5) is 25.4. The number of nitrogens with zero attached hydrogens (tertiary/aromatic N) is 2. The lowest BCUT2D eigenvalue weighted by molar-refractivity contribution is -0.135. The predicted octanol–water partition coefficient (Wildman–Crippen LogP) is 1.64. The van der Waals surface area contributed by atoms with Gasteiger partial charge in [-0.05, 0) is 37.3 Å². The van der Waals surface area contributed by atoms with E-state index in [9.17, 15) is 18.0 Å². The third-order valence-corrected chi connectivity index (χ3v) is 7.14. The van der Waals surface area contributed by atoms with Gasteiger partial charge in [0.15, 0.2) is 0 Å². The van der Waals surface area contributed by atoms with Gasteiger partial charge in [0.05, 0.1) is 0 Å². The van der Waals surface area contributed by atoms with Crippen molar-refractivity contribution in [3.63, 3.8) is 0 Å². The summed E-state index contributed by atoms with van der Waals surface area (Å²) in [6.45, 7) is 4.19. The smallest absolute Gasteiger partial charge is 0.371 e. The predicted molar refractivity (Wildman–Crippen MR) is 92.1 cm³/mol. The van der Waals surface area contributed by atoms with Crippen LogP contribution in [0.2, 0.25) is 0 Å². The topological polar surface area (TPSA) is 108 Å². The van der Waals surface area contributed by atoms with Gasteiger partial charge in [-0.3, -0.25) is 4.79 Å². The standard InChI is InChI=1S/C17H24N2O6S/c1-2-12-5-8-18(11-12)16(20)13-6-9-19(10-7-13)26(23,24)15-4-3-14(25-15)17(21)22/h3-4,12-13H,2,5-11H2,1H3,(H,21,22). The Hall–Kier alpha value is -1.87. The Morgan fingerprint density at radius 1 is 1.19 bits per heavy atom. The number of rotatable bonds is 5.